The van der Waals surface area contributed by atoms with E-state index in [0.29, 0.717) is 0 Å². The van der Waals surface area contributed by atoms with Gasteiger partial charge in [0.05, 0.1) is 19.3 Å². The van der Waals surface area contributed by atoms with Crippen molar-refractivity contribution < 1.29 is 14.6 Å². The molecule has 0 aromatic rings. The van der Waals surface area contributed by atoms with E-state index in [1.807, 2.05) is 0 Å². The quantitative estimate of drug-likeness (QED) is 0.667. The molecule has 0 aromatic carbocycles. The van der Waals surface area contributed by atoms with Crippen molar-refractivity contribution in [3.05, 3.63) is 0 Å². The van der Waals surface area contributed by atoms with Crippen LogP contribution in [0.25, 0.3) is 0 Å². The maximum Gasteiger partial charge on any atom is 0.157 e. The molecule has 1 aliphatic heterocycles. The highest BCUT2D eigenvalue weighted by Crippen LogP contribution is 2.11. The van der Waals surface area contributed by atoms with Gasteiger partial charge in [0, 0.05) is 6.42 Å². The summed E-state index contributed by atoms with van der Waals surface area (Å²) in [6.45, 7) is 3.37. The summed E-state index contributed by atoms with van der Waals surface area (Å²) in [5.41, 5.74) is 0. The topological polar surface area (TPSA) is 38.7 Å². The van der Waals surface area contributed by atoms with Crippen molar-refractivity contribution in [2.45, 2.75) is 38.6 Å². The summed E-state index contributed by atoms with van der Waals surface area (Å²) < 4.78 is 10.6. The van der Waals surface area contributed by atoms with Gasteiger partial charge < -0.3 is 14.6 Å². The Morgan fingerprint density at radius 3 is 2.64 bits per heavy atom. The molecule has 0 bridgehead atoms. The molecular weight excluding hydrogens is 144 g/mol. The minimum Gasteiger partial charge on any atom is -0.393 e. The molecule has 11 heavy (non-hydrogen) atoms. The first kappa shape index (κ1) is 8.97. The fourth-order valence-electron chi connectivity index (χ4n) is 1.08. The lowest BCUT2D eigenvalue weighted by atomic mass is 10.2. The molecule has 0 radical (unpaired) electrons. The summed E-state index contributed by atoms with van der Waals surface area (Å²) in [5.74, 6) is 0. The first-order valence-corrected chi connectivity index (χ1v) is 4.20. The lowest BCUT2D eigenvalue weighted by Crippen LogP contribution is -2.25. The van der Waals surface area contributed by atoms with Crippen LogP contribution in [0.5, 0.6) is 0 Å². The summed E-state index contributed by atoms with van der Waals surface area (Å²) in [6.07, 6.45) is 2.23. The minimum atomic E-state index is -0.246. The van der Waals surface area contributed by atoms with Crippen molar-refractivity contribution in [2.24, 2.45) is 0 Å². The SMILES string of the molecule is CC(O)CCC1OCCCO1. The minimum absolute atomic E-state index is 0.0710. The van der Waals surface area contributed by atoms with E-state index in [4.69, 9.17) is 14.6 Å². The molecule has 1 fully saturated rings. The van der Waals surface area contributed by atoms with Gasteiger partial charge in [0.2, 0.25) is 0 Å². The maximum atomic E-state index is 8.97. The fourth-order valence-corrected chi connectivity index (χ4v) is 1.08. The Morgan fingerprint density at radius 1 is 1.45 bits per heavy atom. The second kappa shape index (κ2) is 4.70. The molecular formula is C8H16O3. The average Bonchev–Trinajstić information content (AvgIpc) is 2.03. The van der Waals surface area contributed by atoms with Crippen LogP contribution < -0.4 is 0 Å². The number of rotatable bonds is 3. The summed E-state index contributed by atoms with van der Waals surface area (Å²) in [7, 11) is 0. The molecule has 0 saturated carbocycles. The van der Waals surface area contributed by atoms with Gasteiger partial charge in [0.25, 0.3) is 0 Å². The van der Waals surface area contributed by atoms with E-state index < -0.39 is 0 Å². The van der Waals surface area contributed by atoms with E-state index in [0.717, 1.165) is 32.5 Å². The first-order chi connectivity index (χ1) is 5.29. The molecule has 1 saturated heterocycles. The molecule has 1 unspecified atom stereocenters. The van der Waals surface area contributed by atoms with Crippen LogP contribution in [-0.2, 0) is 9.47 Å². The molecule has 1 rings (SSSR count). The van der Waals surface area contributed by atoms with Gasteiger partial charge in [-0.25, -0.2) is 0 Å². The van der Waals surface area contributed by atoms with Crippen LogP contribution in [0.3, 0.4) is 0 Å². The Kier molecular flexibility index (Phi) is 3.83. The number of aliphatic hydroxyl groups excluding tert-OH is 1. The van der Waals surface area contributed by atoms with E-state index in [9.17, 15) is 0 Å². The Bertz CT molecular complexity index is 97.5. The Morgan fingerprint density at radius 2 is 2.09 bits per heavy atom. The van der Waals surface area contributed by atoms with Crippen molar-refractivity contribution >= 4 is 0 Å². The molecule has 66 valence electrons. The average molecular weight is 160 g/mol. The van der Waals surface area contributed by atoms with Gasteiger partial charge >= 0.3 is 0 Å². The van der Waals surface area contributed by atoms with Gasteiger partial charge in [-0.3, -0.25) is 0 Å². The van der Waals surface area contributed by atoms with Gasteiger partial charge in [-0.1, -0.05) is 0 Å². The molecule has 1 N–H and O–H groups in total. The van der Waals surface area contributed by atoms with Crippen molar-refractivity contribution in [3.63, 3.8) is 0 Å². The highest BCUT2D eigenvalue weighted by Gasteiger charge is 2.14. The second-order valence-electron chi connectivity index (χ2n) is 2.95. The van der Waals surface area contributed by atoms with Crippen LogP contribution in [0, 0.1) is 0 Å². The molecule has 0 spiro atoms. The monoisotopic (exact) mass is 160 g/mol. The van der Waals surface area contributed by atoms with Gasteiger partial charge in [0.1, 0.15) is 0 Å². The van der Waals surface area contributed by atoms with E-state index >= 15 is 0 Å². The van der Waals surface area contributed by atoms with Crippen molar-refractivity contribution in [1.29, 1.82) is 0 Å². The highest BCUT2D eigenvalue weighted by molar-refractivity contribution is 4.54. The predicted octanol–water partition coefficient (Wildman–Crippen LogP) is 0.910. The highest BCUT2D eigenvalue weighted by atomic mass is 16.7. The second-order valence-corrected chi connectivity index (χ2v) is 2.95. The van der Waals surface area contributed by atoms with Crippen LogP contribution in [0.1, 0.15) is 26.2 Å². The number of aliphatic hydroxyl groups is 1. The third-order valence-corrected chi connectivity index (χ3v) is 1.72. The zero-order valence-electron chi connectivity index (χ0n) is 6.95. The summed E-state index contributed by atoms with van der Waals surface area (Å²) in [6, 6.07) is 0. The maximum absolute atomic E-state index is 8.97. The summed E-state index contributed by atoms with van der Waals surface area (Å²) in [4.78, 5) is 0. The van der Waals surface area contributed by atoms with Crippen molar-refractivity contribution in [1.82, 2.24) is 0 Å². The van der Waals surface area contributed by atoms with Crippen LogP contribution in [0.2, 0.25) is 0 Å². The van der Waals surface area contributed by atoms with E-state index in [1.54, 1.807) is 6.92 Å². The van der Waals surface area contributed by atoms with Crippen LogP contribution in [0.4, 0.5) is 0 Å². The van der Waals surface area contributed by atoms with Gasteiger partial charge in [0.15, 0.2) is 6.29 Å². The third kappa shape index (κ3) is 3.70. The number of ether oxygens (including phenoxy) is 2. The fraction of sp³-hybridized carbons (Fsp3) is 1.00. The molecule has 1 atom stereocenters. The molecule has 3 heteroatoms. The predicted molar refractivity (Wildman–Crippen MR) is 41.2 cm³/mol. The van der Waals surface area contributed by atoms with Crippen molar-refractivity contribution in [3.8, 4) is 0 Å². The molecule has 1 aliphatic rings. The Labute approximate surface area is 67.3 Å². The number of hydrogen-bond donors (Lipinski definition) is 1. The summed E-state index contributed by atoms with van der Waals surface area (Å²) in [5, 5.41) is 8.97. The standard InChI is InChI=1S/C8H16O3/c1-7(9)3-4-8-10-5-2-6-11-8/h7-9H,2-6H2,1H3. The van der Waals surface area contributed by atoms with Crippen LogP contribution in [-0.4, -0.2) is 30.7 Å². The zero-order valence-corrected chi connectivity index (χ0v) is 6.95. The lowest BCUT2D eigenvalue weighted by Gasteiger charge is -2.23. The van der Waals surface area contributed by atoms with E-state index in [2.05, 4.69) is 0 Å². The van der Waals surface area contributed by atoms with Gasteiger partial charge in [-0.2, -0.15) is 0 Å². The first-order valence-electron chi connectivity index (χ1n) is 4.20. The molecule has 0 aliphatic carbocycles. The largest absolute Gasteiger partial charge is 0.393 e. The van der Waals surface area contributed by atoms with Crippen LogP contribution in [0.15, 0.2) is 0 Å². The molecule has 0 amide bonds. The van der Waals surface area contributed by atoms with Gasteiger partial charge in [-0.15, -0.1) is 0 Å². The molecule has 3 nitrogen and oxygen atoms in total. The smallest absolute Gasteiger partial charge is 0.157 e. The van der Waals surface area contributed by atoms with E-state index in [1.165, 1.54) is 0 Å². The van der Waals surface area contributed by atoms with Gasteiger partial charge in [-0.05, 0) is 19.8 Å². The molecule has 0 aromatic heterocycles. The Balaban J connectivity index is 2.05. The molecule has 1 heterocycles. The van der Waals surface area contributed by atoms with E-state index in [-0.39, 0.29) is 12.4 Å². The summed E-state index contributed by atoms with van der Waals surface area (Å²) >= 11 is 0. The van der Waals surface area contributed by atoms with Crippen molar-refractivity contribution in [2.75, 3.05) is 13.2 Å². The normalized spacial score (nSPS) is 23.5. The van der Waals surface area contributed by atoms with Crippen LogP contribution >= 0.6 is 0 Å². The third-order valence-electron chi connectivity index (χ3n) is 1.72. The zero-order chi connectivity index (χ0) is 8.10. The lowest BCUT2D eigenvalue weighted by molar-refractivity contribution is -0.183. The Hall–Kier alpha value is -0.120. The number of hydrogen-bond acceptors (Lipinski definition) is 3.